The predicted molar refractivity (Wildman–Crippen MR) is 66.9 cm³/mol. The maximum absolute atomic E-state index is 6.06. The Morgan fingerprint density at radius 1 is 1.00 bits per heavy atom. The number of hydrogen-bond donors (Lipinski definition) is 0. The largest absolute Gasteiger partial charge is 0.424 e. The molecule has 1 aliphatic rings. The summed E-state index contributed by atoms with van der Waals surface area (Å²) >= 11 is 0. The third-order valence-electron chi connectivity index (χ3n) is 3.95. The Bertz CT molecular complexity index is 384. The molecule has 1 nitrogen and oxygen atoms in total. The summed E-state index contributed by atoms with van der Waals surface area (Å²) in [4.78, 5) is 1.91. The second kappa shape index (κ2) is 3.29. The van der Waals surface area contributed by atoms with E-state index in [1.807, 2.05) is 4.81 Å². The monoisotopic (exact) mass is 199 g/mol. The lowest BCUT2D eigenvalue weighted by Gasteiger charge is -2.20. The van der Waals surface area contributed by atoms with Gasteiger partial charge in [-0.05, 0) is 61.4 Å². The van der Waals surface area contributed by atoms with Crippen molar-refractivity contribution >= 4 is 13.7 Å². The van der Waals surface area contributed by atoms with Gasteiger partial charge in [-0.2, -0.15) is 0 Å². The molecule has 2 radical (unpaired) electrons. The van der Waals surface area contributed by atoms with Gasteiger partial charge in [-0.1, -0.05) is 6.92 Å². The van der Waals surface area contributed by atoms with Crippen molar-refractivity contribution in [3.05, 3.63) is 27.8 Å². The van der Waals surface area contributed by atoms with Gasteiger partial charge in [0.2, 0.25) is 7.98 Å². The van der Waals surface area contributed by atoms with Crippen molar-refractivity contribution in [1.82, 2.24) is 0 Å². The molecule has 0 fully saturated rings. The van der Waals surface area contributed by atoms with Crippen molar-refractivity contribution in [2.75, 3.05) is 11.4 Å². The summed E-state index contributed by atoms with van der Waals surface area (Å²) in [7, 11) is 6.06. The zero-order valence-corrected chi connectivity index (χ0v) is 10.3. The predicted octanol–water partition coefficient (Wildman–Crippen LogP) is 2.93. The van der Waals surface area contributed by atoms with Crippen LogP contribution in [0.4, 0.5) is 5.69 Å². The maximum atomic E-state index is 6.06. The second-order valence-corrected chi connectivity index (χ2v) is 4.82. The van der Waals surface area contributed by atoms with Gasteiger partial charge < -0.3 is 4.81 Å². The van der Waals surface area contributed by atoms with E-state index in [0.29, 0.717) is 5.92 Å². The lowest BCUT2D eigenvalue weighted by Crippen LogP contribution is -2.17. The van der Waals surface area contributed by atoms with E-state index in [4.69, 9.17) is 7.98 Å². The molecule has 1 atom stereocenters. The van der Waals surface area contributed by atoms with Gasteiger partial charge >= 0.3 is 0 Å². The molecule has 0 amide bonds. The third kappa shape index (κ3) is 1.31. The molecule has 1 unspecified atom stereocenters. The lowest BCUT2D eigenvalue weighted by molar-refractivity contribution is 0.823. The molecule has 15 heavy (non-hydrogen) atoms. The number of anilines is 1. The van der Waals surface area contributed by atoms with Crippen molar-refractivity contribution < 1.29 is 0 Å². The Morgan fingerprint density at radius 2 is 1.53 bits per heavy atom. The molecule has 2 heteroatoms. The molecule has 1 aliphatic heterocycles. The second-order valence-electron chi connectivity index (χ2n) is 4.82. The molecule has 0 bridgehead atoms. The van der Waals surface area contributed by atoms with Crippen molar-refractivity contribution in [2.24, 2.45) is 0 Å². The number of rotatable bonds is 0. The molecular weight excluding hydrogens is 181 g/mol. The van der Waals surface area contributed by atoms with Crippen LogP contribution < -0.4 is 4.81 Å². The maximum Gasteiger partial charge on any atom is 0.226 e. The molecule has 0 saturated carbocycles. The number of nitrogens with zero attached hydrogens (tertiary/aromatic N) is 1. The molecule has 1 aromatic rings. The number of fused-ring (bicyclic) bond motifs is 1. The van der Waals surface area contributed by atoms with E-state index < -0.39 is 0 Å². The Balaban J connectivity index is 2.80. The Kier molecular flexibility index (Phi) is 2.33. The average Bonchev–Trinajstić information content (AvgIpc) is 2.47. The molecule has 1 aromatic carbocycles. The van der Waals surface area contributed by atoms with Gasteiger partial charge in [0.25, 0.3) is 0 Å². The highest BCUT2D eigenvalue weighted by Gasteiger charge is 2.27. The first-order valence-corrected chi connectivity index (χ1v) is 5.57. The molecule has 0 N–H and O–H groups in total. The van der Waals surface area contributed by atoms with Crippen LogP contribution in [-0.2, 0) is 0 Å². The first-order valence-electron chi connectivity index (χ1n) is 5.57. The van der Waals surface area contributed by atoms with Crippen molar-refractivity contribution in [1.29, 1.82) is 0 Å². The van der Waals surface area contributed by atoms with Gasteiger partial charge in [-0.15, -0.1) is 0 Å². The van der Waals surface area contributed by atoms with Crippen LogP contribution in [0.25, 0.3) is 0 Å². The summed E-state index contributed by atoms with van der Waals surface area (Å²) in [5.41, 5.74) is 8.30. The zero-order chi connectivity index (χ0) is 11.3. The summed E-state index contributed by atoms with van der Waals surface area (Å²) < 4.78 is 0. The number of hydrogen-bond acceptors (Lipinski definition) is 1. The molecule has 0 saturated heterocycles. The van der Waals surface area contributed by atoms with Crippen molar-refractivity contribution in [2.45, 2.75) is 40.5 Å². The van der Waals surface area contributed by atoms with E-state index in [1.54, 1.807) is 0 Å². The minimum atomic E-state index is 0.558. The normalized spacial score (nSPS) is 19.5. The molecular formula is C13H18BN. The van der Waals surface area contributed by atoms with Crippen molar-refractivity contribution in [3.63, 3.8) is 0 Å². The molecule has 0 spiro atoms. The first kappa shape index (κ1) is 10.6. The van der Waals surface area contributed by atoms with Gasteiger partial charge in [0.15, 0.2) is 0 Å². The Morgan fingerprint density at radius 3 is 2.13 bits per heavy atom. The van der Waals surface area contributed by atoms with Gasteiger partial charge in [0.1, 0.15) is 0 Å². The summed E-state index contributed by atoms with van der Waals surface area (Å²) in [6.45, 7) is 12.0. The summed E-state index contributed by atoms with van der Waals surface area (Å²) in [6, 6.07) is 0. The van der Waals surface area contributed by atoms with Crippen LogP contribution in [0.2, 0.25) is 0 Å². The summed E-state index contributed by atoms with van der Waals surface area (Å²) in [5, 5.41) is 0. The van der Waals surface area contributed by atoms with Crippen LogP contribution in [0, 0.1) is 27.7 Å². The Labute approximate surface area is 93.9 Å². The third-order valence-corrected chi connectivity index (χ3v) is 3.95. The highest BCUT2D eigenvalue weighted by Crippen LogP contribution is 2.42. The molecule has 0 aliphatic carbocycles. The van der Waals surface area contributed by atoms with E-state index in [2.05, 4.69) is 34.6 Å². The zero-order valence-electron chi connectivity index (χ0n) is 10.3. The minimum Gasteiger partial charge on any atom is -0.424 e. The van der Waals surface area contributed by atoms with Gasteiger partial charge in [0, 0.05) is 12.2 Å². The van der Waals surface area contributed by atoms with Crippen LogP contribution >= 0.6 is 0 Å². The van der Waals surface area contributed by atoms with Gasteiger partial charge in [-0.25, -0.2) is 0 Å². The Hall–Kier alpha value is -0.915. The van der Waals surface area contributed by atoms with Crippen LogP contribution in [0.3, 0.4) is 0 Å². The van der Waals surface area contributed by atoms with E-state index >= 15 is 0 Å². The summed E-state index contributed by atoms with van der Waals surface area (Å²) in [6.07, 6.45) is 0. The van der Waals surface area contributed by atoms with E-state index in [9.17, 15) is 0 Å². The number of benzene rings is 1. The fraction of sp³-hybridized carbons (Fsp3) is 0.538. The lowest BCUT2D eigenvalue weighted by atomic mass is 9.89. The molecule has 0 aromatic heterocycles. The molecule has 78 valence electrons. The minimum absolute atomic E-state index is 0.558. The average molecular weight is 199 g/mol. The fourth-order valence-electron chi connectivity index (χ4n) is 2.77. The van der Waals surface area contributed by atoms with Crippen LogP contribution in [0.1, 0.15) is 40.7 Å². The fourth-order valence-corrected chi connectivity index (χ4v) is 2.77. The topological polar surface area (TPSA) is 3.24 Å². The van der Waals surface area contributed by atoms with E-state index in [1.165, 1.54) is 33.5 Å². The van der Waals surface area contributed by atoms with Crippen molar-refractivity contribution in [3.8, 4) is 0 Å². The quantitative estimate of drug-likeness (QED) is 0.580. The van der Waals surface area contributed by atoms with Crippen LogP contribution in [-0.4, -0.2) is 14.5 Å². The van der Waals surface area contributed by atoms with E-state index in [-0.39, 0.29) is 0 Å². The standard InChI is InChI=1S/C13H18BN/c1-7-6-15(14)13-11(5)9(3)8(2)10(4)12(7)13/h7H,6H2,1-5H3. The highest BCUT2D eigenvalue weighted by molar-refractivity contribution is 6.19. The SMILES string of the molecule is [B]N1CC(C)c2c(C)c(C)c(C)c(C)c21. The van der Waals surface area contributed by atoms with Crippen LogP contribution in [0.5, 0.6) is 0 Å². The molecule has 2 rings (SSSR count). The van der Waals surface area contributed by atoms with Gasteiger partial charge in [0.05, 0.1) is 0 Å². The highest BCUT2D eigenvalue weighted by atomic mass is 15.1. The van der Waals surface area contributed by atoms with E-state index in [0.717, 1.165) is 6.54 Å². The smallest absolute Gasteiger partial charge is 0.226 e. The van der Waals surface area contributed by atoms with Crippen LogP contribution in [0.15, 0.2) is 0 Å². The van der Waals surface area contributed by atoms with Gasteiger partial charge in [-0.3, -0.25) is 0 Å². The first-order chi connectivity index (χ1) is 6.95. The summed E-state index contributed by atoms with van der Waals surface area (Å²) in [5.74, 6) is 0.558. The molecule has 1 heterocycles.